The van der Waals surface area contributed by atoms with Gasteiger partial charge in [-0.05, 0) is 60.0 Å². The van der Waals surface area contributed by atoms with Gasteiger partial charge in [0, 0.05) is 24.0 Å². The average molecular weight is 418 g/mol. The van der Waals surface area contributed by atoms with Crippen molar-refractivity contribution in [3.63, 3.8) is 0 Å². The molecule has 1 aliphatic rings. The molecule has 31 heavy (non-hydrogen) atoms. The van der Waals surface area contributed by atoms with Crippen LogP contribution in [0.25, 0.3) is 6.08 Å². The highest BCUT2D eigenvalue weighted by atomic mass is 16.5. The van der Waals surface area contributed by atoms with Crippen molar-refractivity contribution in [2.45, 2.75) is 6.42 Å². The molecule has 2 aromatic carbocycles. The van der Waals surface area contributed by atoms with Crippen LogP contribution in [0.15, 0.2) is 65.5 Å². The molecule has 158 valence electrons. The predicted molar refractivity (Wildman–Crippen MR) is 118 cm³/mol. The molecule has 1 aromatic heterocycles. The zero-order valence-corrected chi connectivity index (χ0v) is 17.3. The highest BCUT2D eigenvalue weighted by molar-refractivity contribution is 6.07. The fraction of sp³-hybridized carbons (Fsp3) is 0.167. The third-order valence-corrected chi connectivity index (χ3v) is 5.09. The van der Waals surface area contributed by atoms with E-state index in [1.54, 1.807) is 49.5 Å². The van der Waals surface area contributed by atoms with Gasteiger partial charge in [-0.15, -0.1) is 0 Å². The molecule has 0 saturated heterocycles. The maximum atomic E-state index is 12.6. The van der Waals surface area contributed by atoms with Gasteiger partial charge in [0.05, 0.1) is 26.0 Å². The molecule has 0 fully saturated rings. The van der Waals surface area contributed by atoms with E-state index in [0.717, 1.165) is 23.2 Å². The maximum Gasteiger partial charge on any atom is 0.261 e. The number of hydrogen-bond donors (Lipinski definition) is 1. The Hall–Kier alpha value is -4.00. The Kier molecular flexibility index (Phi) is 5.75. The number of fused-ring (bicyclic) bond motifs is 1. The molecule has 1 aliphatic heterocycles. The Morgan fingerprint density at radius 3 is 2.65 bits per heavy atom. The van der Waals surface area contributed by atoms with Crippen LogP contribution in [0.5, 0.6) is 11.5 Å². The highest BCUT2D eigenvalue weighted by Crippen LogP contribution is 2.32. The number of methoxy groups -OCH3 is 2. The van der Waals surface area contributed by atoms with Gasteiger partial charge in [0.15, 0.2) is 11.5 Å². The van der Waals surface area contributed by atoms with Crippen molar-refractivity contribution in [2.24, 2.45) is 0 Å². The van der Waals surface area contributed by atoms with Crippen LogP contribution in [0, 0.1) is 0 Å². The lowest BCUT2D eigenvalue weighted by molar-refractivity contribution is -0.111. The highest BCUT2D eigenvalue weighted by Gasteiger charge is 2.26. The molecule has 2 heterocycles. The van der Waals surface area contributed by atoms with E-state index < -0.39 is 0 Å². The monoisotopic (exact) mass is 418 g/mol. The number of carbonyl (C=O) groups excluding carboxylic acids is 2. The molecule has 7 nitrogen and oxygen atoms in total. The van der Waals surface area contributed by atoms with Crippen molar-refractivity contribution in [1.82, 2.24) is 0 Å². The molecule has 2 amide bonds. The van der Waals surface area contributed by atoms with Crippen LogP contribution in [-0.4, -0.2) is 32.6 Å². The van der Waals surface area contributed by atoms with Gasteiger partial charge in [0.1, 0.15) is 6.26 Å². The Bertz CT molecular complexity index is 1130. The standard InChI is InChI=1S/C24H22N2O5/c1-29-21-7-3-16(13-22(21)30-2)4-8-23(27)25-19-5-6-20-17(14-19)9-11-26(20)24(28)18-10-12-31-15-18/h3-8,10,12-15H,9,11H2,1-2H3,(H,25,27)/b8-4+. The summed E-state index contributed by atoms with van der Waals surface area (Å²) >= 11 is 0. The van der Waals surface area contributed by atoms with Crippen molar-refractivity contribution < 1.29 is 23.5 Å². The zero-order valence-electron chi connectivity index (χ0n) is 17.3. The normalized spacial score (nSPS) is 12.6. The number of furan rings is 1. The number of benzene rings is 2. The number of carbonyl (C=O) groups is 2. The number of anilines is 2. The van der Waals surface area contributed by atoms with E-state index in [4.69, 9.17) is 13.9 Å². The molecule has 3 aromatic rings. The lowest BCUT2D eigenvalue weighted by atomic mass is 10.1. The second-order valence-corrected chi connectivity index (χ2v) is 7.00. The molecule has 0 spiro atoms. The molecular formula is C24H22N2O5. The molecule has 0 unspecified atom stereocenters. The first-order valence-electron chi connectivity index (χ1n) is 9.77. The quantitative estimate of drug-likeness (QED) is 0.608. The van der Waals surface area contributed by atoms with E-state index in [-0.39, 0.29) is 11.8 Å². The number of rotatable bonds is 6. The topological polar surface area (TPSA) is 81.0 Å². The van der Waals surface area contributed by atoms with Gasteiger partial charge in [0.25, 0.3) is 5.91 Å². The Morgan fingerprint density at radius 2 is 1.90 bits per heavy atom. The summed E-state index contributed by atoms with van der Waals surface area (Å²) in [7, 11) is 3.14. The molecule has 0 radical (unpaired) electrons. The van der Waals surface area contributed by atoms with Crippen molar-refractivity contribution in [1.29, 1.82) is 0 Å². The summed E-state index contributed by atoms with van der Waals surface area (Å²) in [5.41, 5.74) is 3.88. The van der Waals surface area contributed by atoms with Gasteiger partial charge in [-0.25, -0.2) is 0 Å². The third-order valence-electron chi connectivity index (χ3n) is 5.09. The predicted octanol–water partition coefficient (Wildman–Crippen LogP) is 4.15. The van der Waals surface area contributed by atoms with E-state index in [2.05, 4.69) is 5.32 Å². The Balaban J connectivity index is 1.43. The lowest BCUT2D eigenvalue weighted by Crippen LogP contribution is -2.28. The molecule has 4 rings (SSSR count). The fourth-order valence-corrected chi connectivity index (χ4v) is 3.54. The van der Waals surface area contributed by atoms with Crippen LogP contribution in [0.4, 0.5) is 11.4 Å². The number of amides is 2. The summed E-state index contributed by atoms with van der Waals surface area (Å²) in [6.07, 6.45) is 6.82. The molecule has 0 bridgehead atoms. The zero-order chi connectivity index (χ0) is 21.8. The van der Waals surface area contributed by atoms with E-state index in [1.165, 1.54) is 18.6 Å². The number of hydrogen-bond acceptors (Lipinski definition) is 5. The van der Waals surface area contributed by atoms with Crippen molar-refractivity contribution in [2.75, 3.05) is 31.0 Å². The summed E-state index contributed by atoms with van der Waals surface area (Å²) in [5, 5.41) is 2.86. The lowest BCUT2D eigenvalue weighted by Gasteiger charge is -2.16. The summed E-state index contributed by atoms with van der Waals surface area (Å²) in [6, 6.07) is 12.6. The number of nitrogens with one attached hydrogen (secondary N) is 1. The molecule has 0 atom stereocenters. The minimum atomic E-state index is -0.251. The van der Waals surface area contributed by atoms with Gasteiger partial charge in [-0.2, -0.15) is 0 Å². The largest absolute Gasteiger partial charge is 0.493 e. The number of ether oxygens (including phenoxy) is 2. The van der Waals surface area contributed by atoms with Crippen LogP contribution < -0.4 is 19.7 Å². The summed E-state index contributed by atoms with van der Waals surface area (Å²) < 4.78 is 15.5. The summed E-state index contributed by atoms with van der Waals surface area (Å²) in [5.74, 6) is 0.877. The molecular weight excluding hydrogens is 396 g/mol. The molecule has 1 N–H and O–H groups in total. The van der Waals surface area contributed by atoms with Gasteiger partial charge in [-0.3, -0.25) is 9.59 Å². The second-order valence-electron chi connectivity index (χ2n) is 7.00. The fourth-order valence-electron chi connectivity index (χ4n) is 3.54. The second kappa shape index (κ2) is 8.79. The Morgan fingerprint density at radius 1 is 1.06 bits per heavy atom. The van der Waals surface area contributed by atoms with E-state index in [9.17, 15) is 9.59 Å². The summed E-state index contributed by atoms with van der Waals surface area (Å²) in [4.78, 5) is 26.7. The first kappa shape index (κ1) is 20.3. The van der Waals surface area contributed by atoms with Crippen LogP contribution >= 0.6 is 0 Å². The minimum absolute atomic E-state index is 0.0952. The Labute approximate surface area is 179 Å². The van der Waals surface area contributed by atoms with Crippen LogP contribution in [0.2, 0.25) is 0 Å². The van der Waals surface area contributed by atoms with Gasteiger partial charge in [-0.1, -0.05) is 6.07 Å². The molecule has 0 saturated carbocycles. The van der Waals surface area contributed by atoms with Crippen molar-refractivity contribution in [3.05, 3.63) is 77.8 Å². The van der Waals surface area contributed by atoms with E-state index in [1.807, 2.05) is 18.2 Å². The number of nitrogens with zero attached hydrogens (tertiary/aromatic N) is 1. The SMILES string of the molecule is COc1ccc(/C=C/C(=O)Nc2ccc3c(c2)CCN3C(=O)c2ccoc2)cc1OC. The first-order valence-corrected chi connectivity index (χ1v) is 9.77. The maximum absolute atomic E-state index is 12.6. The van der Waals surface area contributed by atoms with Crippen LogP contribution in [0.1, 0.15) is 21.5 Å². The van der Waals surface area contributed by atoms with Gasteiger partial charge >= 0.3 is 0 Å². The minimum Gasteiger partial charge on any atom is -0.493 e. The van der Waals surface area contributed by atoms with Gasteiger partial charge < -0.3 is 24.1 Å². The van der Waals surface area contributed by atoms with Crippen LogP contribution in [-0.2, 0) is 11.2 Å². The van der Waals surface area contributed by atoms with E-state index in [0.29, 0.717) is 29.3 Å². The molecule has 7 heteroatoms. The van der Waals surface area contributed by atoms with E-state index >= 15 is 0 Å². The summed E-state index contributed by atoms with van der Waals surface area (Å²) in [6.45, 7) is 0.593. The van der Waals surface area contributed by atoms with Gasteiger partial charge in [0.2, 0.25) is 5.91 Å². The van der Waals surface area contributed by atoms with Crippen LogP contribution in [0.3, 0.4) is 0 Å². The van der Waals surface area contributed by atoms with Crippen molar-refractivity contribution >= 4 is 29.3 Å². The molecule has 0 aliphatic carbocycles. The average Bonchev–Trinajstić information content (AvgIpc) is 3.47. The first-order chi connectivity index (χ1) is 15.1. The van der Waals surface area contributed by atoms with Crippen molar-refractivity contribution in [3.8, 4) is 11.5 Å². The smallest absolute Gasteiger partial charge is 0.261 e. The third kappa shape index (κ3) is 4.30.